The largest absolute Gasteiger partial charge is 0.480 e. The Bertz CT molecular complexity index is 265. The monoisotopic (exact) mass is 255 g/mol. The number of hydrogen-bond acceptors (Lipinski definition) is 2. The molecule has 0 heterocycles. The predicted octanol–water partition coefficient (Wildman–Crippen LogP) is 3.39. The van der Waals surface area contributed by atoms with Crippen molar-refractivity contribution in [3.05, 3.63) is 0 Å². The Kier molecular flexibility index (Phi) is 6.13. The van der Waals surface area contributed by atoms with Crippen molar-refractivity contribution in [2.24, 2.45) is 11.8 Å². The molecule has 0 bridgehead atoms. The van der Waals surface area contributed by atoms with Gasteiger partial charge in [0.2, 0.25) is 0 Å². The van der Waals surface area contributed by atoms with E-state index in [-0.39, 0.29) is 6.54 Å². The molecule has 18 heavy (non-hydrogen) atoms. The van der Waals surface area contributed by atoms with E-state index in [1.807, 2.05) is 0 Å². The van der Waals surface area contributed by atoms with Crippen LogP contribution in [0.25, 0.3) is 0 Å². The van der Waals surface area contributed by atoms with Crippen molar-refractivity contribution in [2.75, 3.05) is 6.54 Å². The molecule has 3 nitrogen and oxygen atoms in total. The Balaban J connectivity index is 2.83. The van der Waals surface area contributed by atoms with E-state index in [1.54, 1.807) is 0 Å². The lowest BCUT2D eigenvalue weighted by molar-refractivity contribution is -0.140. The molecule has 1 aliphatic rings. The van der Waals surface area contributed by atoms with Gasteiger partial charge in [-0.15, -0.1) is 0 Å². The molecule has 106 valence electrons. The van der Waals surface area contributed by atoms with Crippen molar-refractivity contribution in [1.82, 2.24) is 4.90 Å². The number of aliphatic carboxylic acids is 1. The molecule has 0 radical (unpaired) electrons. The Morgan fingerprint density at radius 1 is 1.28 bits per heavy atom. The molecule has 1 fully saturated rings. The zero-order valence-electron chi connectivity index (χ0n) is 12.4. The van der Waals surface area contributed by atoms with Crippen LogP contribution >= 0.6 is 0 Å². The zero-order valence-corrected chi connectivity index (χ0v) is 12.4. The molecule has 0 spiro atoms. The number of rotatable bonds is 6. The second-order valence-electron chi connectivity index (χ2n) is 6.08. The van der Waals surface area contributed by atoms with Gasteiger partial charge in [0.1, 0.15) is 0 Å². The number of carboxylic acid groups (broad SMARTS) is 1. The van der Waals surface area contributed by atoms with Gasteiger partial charge in [-0.05, 0) is 38.0 Å². The maximum Gasteiger partial charge on any atom is 0.317 e. The highest BCUT2D eigenvalue weighted by Gasteiger charge is 2.34. The van der Waals surface area contributed by atoms with Crippen LogP contribution in [0.5, 0.6) is 0 Å². The van der Waals surface area contributed by atoms with Crippen LogP contribution in [0.3, 0.4) is 0 Å². The van der Waals surface area contributed by atoms with Crippen LogP contribution in [0.4, 0.5) is 0 Å². The predicted molar refractivity (Wildman–Crippen MR) is 74.7 cm³/mol. The summed E-state index contributed by atoms with van der Waals surface area (Å²) in [5, 5.41) is 9.14. The third kappa shape index (κ3) is 3.98. The van der Waals surface area contributed by atoms with Crippen LogP contribution in [-0.2, 0) is 4.79 Å². The summed E-state index contributed by atoms with van der Waals surface area (Å²) in [6, 6.07) is 0.829. The van der Waals surface area contributed by atoms with Crippen LogP contribution in [0.1, 0.15) is 59.8 Å². The van der Waals surface area contributed by atoms with Gasteiger partial charge in [-0.25, -0.2) is 0 Å². The summed E-state index contributed by atoms with van der Waals surface area (Å²) in [6.07, 6.45) is 6.01. The van der Waals surface area contributed by atoms with Crippen molar-refractivity contribution in [2.45, 2.75) is 71.9 Å². The van der Waals surface area contributed by atoms with E-state index in [0.29, 0.717) is 23.9 Å². The Morgan fingerprint density at radius 2 is 1.89 bits per heavy atom. The Labute approximate surface area is 112 Å². The van der Waals surface area contributed by atoms with E-state index < -0.39 is 5.97 Å². The average Bonchev–Trinajstić information content (AvgIpc) is 2.34. The van der Waals surface area contributed by atoms with Crippen LogP contribution in [-0.4, -0.2) is 34.6 Å². The van der Waals surface area contributed by atoms with Crippen LogP contribution < -0.4 is 0 Å². The standard InChI is InChI=1S/C15H29NO2/c1-5-12(4)16(10-15(17)18)14-9-7-6-8-13(14)11(2)3/h11-14H,5-10H2,1-4H3,(H,17,18). The molecule has 3 heteroatoms. The van der Waals surface area contributed by atoms with Gasteiger partial charge in [0.05, 0.1) is 6.54 Å². The average molecular weight is 255 g/mol. The summed E-state index contributed by atoms with van der Waals surface area (Å²) in [4.78, 5) is 13.3. The van der Waals surface area contributed by atoms with Crippen LogP contribution in [0, 0.1) is 11.8 Å². The van der Waals surface area contributed by atoms with Crippen molar-refractivity contribution < 1.29 is 9.90 Å². The normalized spacial score (nSPS) is 26.6. The number of carboxylic acids is 1. The van der Waals surface area contributed by atoms with Gasteiger partial charge < -0.3 is 5.11 Å². The summed E-state index contributed by atoms with van der Waals surface area (Å²) < 4.78 is 0. The number of nitrogens with zero attached hydrogens (tertiary/aromatic N) is 1. The third-order valence-corrected chi connectivity index (χ3v) is 4.54. The maximum absolute atomic E-state index is 11.1. The first kappa shape index (κ1) is 15.5. The molecule has 1 N–H and O–H groups in total. The third-order valence-electron chi connectivity index (χ3n) is 4.54. The SMILES string of the molecule is CCC(C)N(CC(=O)O)C1CCCCC1C(C)C. The van der Waals surface area contributed by atoms with E-state index in [4.69, 9.17) is 5.11 Å². The van der Waals surface area contributed by atoms with Gasteiger partial charge >= 0.3 is 5.97 Å². The van der Waals surface area contributed by atoms with E-state index in [0.717, 1.165) is 6.42 Å². The lowest BCUT2D eigenvalue weighted by Gasteiger charge is -2.44. The second-order valence-corrected chi connectivity index (χ2v) is 6.08. The highest BCUT2D eigenvalue weighted by Crippen LogP contribution is 2.34. The molecule has 0 saturated heterocycles. The second kappa shape index (κ2) is 7.13. The lowest BCUT2D eigenvalue weighted by atomic mass is 9.76. The van der Waals surface area contributed by atoms with Gasteiger partial charge in [-0.2, -0.15) is 0 Å². The lowest BCUT2D eigenvalue weighted by Crippen LogP contribution is -2.50. The summed E-state index contributed by atoms with van der Waals surface area (Å²) in [6.45, 7) is 9.06. The van der Waals surface area contributed by atoms with Gasteiger partial charge in [0.15, 0.2) is 0 Å². The smallest absolute Gasteiger partial charge is 0.317 e. The fraction of sp³-hybridized carbons (Fsp3) is 0.933. The summed E-state index contributed by atoms with van der Waals surface area (Å²) in [5.41, 5.74) is 0. The minimum absolute atomic E-state index is 0.197. The van der Waals surface area contributed by atoms with Crippen molar-refractivity contribution in [3.63, 3.8) is 0 Å². The van der Waals surface area contributed by atoms with Gasteiger partial charge in [-0.1, -0.05) is 33.6 Å². The molecule has 0 aromatic rings. The molecule has 1 rings (SSSR count). The molecule has 0 aromatic heterocycles. The highest BCUT2D eigenvalue weighted by molar-refractivity contribution is 5.69. The van der Waals surface area contributed by atoms with E-state index in [2.05, 4.69) is 32.6 Å². The summed E-state index contributed by atoms with van der Waals surface area (Å²) >= 11 is 0. The first-order valence-electron chi connectivity index (χ1n) is 7.44. The Hall–Kier alpha value is -0.570. The topological polar surface area (TPSA) is 40.5 Å². The fourth-order valence-electron chi connectivity index (χ4n) is 3.32. The van der Waals surface area contributed by atoms with Crippen LogP contribution in [0.15, 0.2) is 0 Å². The molecule has 0 amide bonds. The first-order valence-corrected chi connectivity index (χ1v) is 7.44. The van der Waals surface area contributed by atoms with Gasteiger partial charge in [0.25, 0.3) is 0 Å². The number of hydrogen-bond donors (Lipinski definition) is 1. The molecule has 1 saturated carbocycles. The number of carbonyl (C=O) groups is 1. The van der Waals surface area contributed by atoms with E-state index in [9.17, 15) is 4.79 Å². The molecule has 1 aliphatic carbocycles. The van der Waals surface area contributed by atoms with E-state index in [1.165, 1.54) is 25.7 Å². The van der Waals surface area contributed by atoms with Gasteiger partial charge in [0, 0.05) is 12.1 Å². The Morgan fingerprint density at radius 3 is 2.39 bits per heavy atom. The molecular formula is C15H29NO2. The fourth-order valence-corrected chi connectivity index (χ4v) is 3.32. The minimum Gasteiger partial charge on any atom is -0.480 e. The first-order chi connectivity index (χ1) is 8.47. The van der Waals surface area contributed by atoms with Crippen molar-refractivity contribution in [3.8, 4) is 0 Å². The zero-order chi connectivity index (χ0) is 13.7. The van der Waals surface area contributed by atoms with Gasteiger partial charge in [-0.3, -0.25) is 9.69 Å². The molecule has 3 unspecified atom stereocenters. The van der Waals surface area contributed by atoms with Crippen LogP contribution in [0.2, 0.25) is 0 Å². The molecule has 3 atom stereocenters. The van der Waals surface area contributed by atoms with Crippen molar-refractivity contribution >= 4 is 5.97 Å². The molecule has 0 aromatic carbocycles. The molecule has 0 aliphatic heterocycles. The summed E-state index contributed by atoms with van der Waals surface area (Å²) in [7, 11) is 0. The molecular weight excluding hydrogens is 226 g/mol. The van der Waals surface area contributed by atoms with Crippen molar-refractivity contribution in [1.29, 1.82) is 0 Å². The van der Waals surface area contributed by atoms with E-state index >= 15 is 0 Å². The maximum atomic E-state index is 11.1. The minimum atomic E-state index is -0.691. The highest BCUT2D eigenvalue weighted by atomic mass is 16.4. The summed E-state index contributed by atoms with van der Waals surface area (Å²) in [5.74, 6) is 0.617. The quantitative estimate of drug-likeness (QED) is 0.791.